The molecule has 1 fully saturated rings. The number of sulfone groups is 1. The monoisotopic (exact) mass is 522 g/mol. The van der Waals surface area contributed by atoms with Crippen molar-refractivity contribution in [1.29, 1.82) is 0 Å². The smallest absolute Gasteiger partial charge is 0.271 e. The SMILES string of the molecule is COc1cc(/C=C2\C(=O)N(c3ccc(NC(C)=O)cc3)C(c3ccccc3)S2(=O)=O)cc(OC)c1OC. The Morgan fingerprint density at radius 2 is 1.51 bits per heavy atom. The second-order valence-corrected chi connectivity index (χ2v) is 10.2. The molecule has 2 amide bonds. The van der Waals surface area contributed by atoms with Crippen molar-refractivity contribution < 1.29 is 32.2 Å². The summed E-state index contributed by atoms with van der Waals surface area (Å²) in [6.07, 6.45) is 1.31. The number of methoxy groups -OCH3 is 3. The van der Waals surface area contributed by atoms with Crippen LogP contribution in [0.25, 0.3) is 6.08 Å². The summed E-state index contributed by atoms with van der Waals surface area (Å²) in [5.41, 5.74) is 1.71. The summed E-state index contributed by atoms with van der Waals surface area (Å²) < 4.78 is 43.8. The number of rotatable bonds is 7. The van der Waals surface area contributed by atoms with Crippen LogP contribution in [-0.2, 0) is 19.4 Å². The Balaban J connectivity index is 1.87. The van der Waals surface area contributed by atoms with Gasteiger partial charge in [0, 0.05) is 18.3 Å². The van der Waals surface area contributed by atoms with Gasteiger partial charge in [0.05, 0.1) is 21.3 Å². The number of ether oxygens (including phenoxy) is 3. The van der Waals surface area contributed by atoms with Gasteiger partial charge in [-0.2, -0.15) is 0 Å². The molecule has 4 rings (SSSR count). The van der Waals surface area contributed by atoms with Crippen LogP contribution in [0.5, 0.6) is 17.2 Å². The number of carbonyl (C=O) groups excluding carboxylic acids is 2. The molecule has 0 aliphatic carbocycles. The highest BCUT2D eigenvalue weighted by Gasteiger charge is 2.50. The molecule has 0 saturated carbocycles. The molecule has 0 bridgehead atoms. The molecular weight excluding hydrogens is 496 g/mol. The first-order chi connectivity index (χ1) is 17.7. The van der Waals surface area contributed by atoms with Crippen LogP contribution < -0.4 is 24.4 Å². The second-order valence-electron chi connectivity index (χ2n) is 8.18. The number of anilines is 2. The first-order valence-electron chi connectivity index (χ1n) is 11.2. The number of hydrogen-bond acceptors (Lipinski definition) is 7. The average molecular weight is 523 g/mol. The Morgan fingerprint density at radius 3 is 2.03 bits per heavy atom. The fraction of sp³-hybridized carbons (Fsp3) is 0.185. The molecule has 3 aromatic carbocycles. The van der Waals surface area contributed by atoms with Gasteiger partial charge in [0.25, 0.3) is 5.91 Å². The fourth-order valence-corrected chi connectivity index (χ4v) is 6.09. The van der Waals surface area contributed by atoms with E-state index in [1.54, 1.807) is 66.7 Å². The lowest BCUT2D eigenvalue weighted by Gasteiger charge is -2.23. The number of nitrogens with zero attached hydrogens (tertiary/aromatic N) is 1. The van der Waals surface area contributed by atoms with Crippen molar-refractivity contribution in [2.24, 2.45) is 0 Å². The van der Waals surface area contributed by atoms with Crippen molar-refractivity contribution in [1.82, 2.24) is 0 Å². The van der Waals surface area contributed by atoms with Gasteiger partial charge in [-0.1, -0.05) is 30.3 Å². The van der Waals surface area contributed by atoms with Crippen molar-refractivity contribution in [2.45, 2.75) is 12.3 Å². The maximum atomic E-state index is 13.9. The van der Waals surface area contributed by atoms with Gasteiger partial charge in [-0.25, -0.2) is 8.42 Å². The summed E-state index contributed by atoms with van der Waals surface area (Å²) in [6.45, 7) is 1.39. The molecule has 1 heterocycles. The molecule has 3 aromatic rings. The Hall–Kier alpha value is -4.31. The number of nitrogens with one attached hydrogen (secondary N) is 1. The Morgan fingerprint density at radius 1 is 0.919 bits per heavy atom. The largest absolute Gasteiger partial charge is 0.493 e. The number of carbonyl (C=O) groups is 2. The topological polar surface area (TPSA) is 111 Å². The molecule has 0 spiro atoms. The molecule has 1 aliphatic rings. The molecule has 1 saturated heterocycles. The third kappa shape index (κ3) is 4.88. The van der Waals surface area contributed by atoms with Crippen molar-refractivity contribution in [3.8, 4) is 17.2 Å². The van der Waals surface area contributed by atoms with Crippen LogP contribution in [0.1, 0.15) is 23.4 Å². The van der Waals surface area contributed by atoms with Gasteiger partial charge in [0.15, 0.2) is 16.9 Å². The highest BCUT2D eigenvalue weighted by atomic mass is 32.2. The second kappa shape index (κ2) is 10.4. The van der Waals surface area contributed by atoms with E-state index in [-0.39, 0.29) is 10.8 Å². The zero-order chi connectivity index (χ0) is 26.7. The van der Waals surface area contributed by atoms with Gasteiger partial charge in [0.1, 0.15) is 4.91 Å². The van der Waals surface area contributed by atoms with E-state index in [9.17, 15) is 18.0 Å². The van der Waals surface area contributed by atoms with Crippen LogP contribution >= 0.6 is 0 Å². The number of hydrogen-bond donors (Lipinski definition) is 1. The first kappa shape index (κ1) is 25.8. The molecule has 1 unspecified atom stereocenters. The first-order valence-corrected chi connectivity index (χ1v) is 12.8. The highest BCUT2D eigenvalue weighted by molar-refractivity contribution is 7.97. The molecular formula is C27H26N2O7S. The molecule has 0 aromatic heterocycles. The third-order valence-electron chi connectivity index (χ3n) is 5.80. The molecule has 1 atom stereocenters. The summed E-state index contributed by atoms with van der Waals surface area (Å²) in [6, 6.07) is 18.1. The van der Waals surface area contributed by atoms with Crippen LogP contribution in [0.4, 0.5) is 11.4 Å². The van der Waals surface area contributed by atoms with Crippen molar-refractivity contribution >= 4 is 39.1 Å². The van der Waals surface area contributed by atoms with E-state index in [4.69, 9.17) is 14.2 Å². The van der Waals surface area contributed by atoms with Gasteiger partial charge in [-0.3, -0.25) is 14.5 Å². The van der Waals surface area contributed by atoms with E-state index in [0.717, 1.165) is 0 Å². The Labute approximate surface area is 215 Å². The van der Waals surface area contributed by atoms with E-state index in [0.29, 0.717) is 39.8 Å². The molecule has 37 heavy (non-hydrogen) atoms. The van der Waals surface area contributed by atoms with E-state index in [2.05, 4.69) is 5.32 Å². The minimum absolute atomic E-state index is 0.245. The third-order valence-corrected chi connectivity index (χ3v) is 7.78. The van der Waals surface area contributed by atoms with Gasteiger partial charge in [-0.05, 0) is 53.6 Å². The van der Waals surface area contributed by atoms with E-state index in [1.807, 2.05) is 0 Å². The average Bonchev–Trinajstić information content (AvgIpc) is 3.08. The normalized spacial score (nSPS) is 17.5. The molecule has 1 aliphatic heterocycles. The lowest BCUT2D eigenvalue weighted by Crippen LogP contribution is -2.28. The molecule has 9 nitrogen and oxygen atoms in total. The lowest BCUT2D eigenvalue weighted by molar-refractivity contribution is -0.115. The molecule has 192 valence electrons. The van der Waals surface area contributed by atoms with E-state index >= 15 is 0 Å². The zero-order valence-electron chi connectivity index (χ0n) is 20.7. The van der Waals surface area contributed by atoms with Crippen LogP contribution in [0.3, 0.4) is 0 Å². The Bertz CT molecular complexity index is 1440. The predicted molar refractivity (Wildman–Crippen MR) is 140 cm³/mol. The Kier molecular flexibility index (Phi) is 7.21. The van der Waals surface area contributed by atoms with Crippen LogP contribution in [0.15, 0.2) is 71.6 Å². The maximum Gasteiger partial charge on any atom is 0.271 e. The summed E-state index contributed by atoms with van der Waals surface area (Å²) in [7, 11) is 0.202. The summed E-state index contributed by atoms with van der Waals surface area (Å²) >= 11 is 0. The minimum Gasteiger partial charge on any atom is -0.493 e. The minimum atomic E-state index is -4.15. The quantitative estimate of drug-likeness (QED) is 0.464. The molecule has 1 N–H and O–H groups in total. The van der Waals surface area contributed by atoms with Crippen molar-refractivity contribution in [3.05, 3.63) is 82.8 Å². The predicted octanol–water partition coefficient (Wildman–Crippen LogP) is 4.17. The summed E-state index contributed by atoms with van der Waals surface area (Å²) in [4.78, 5) is 26.0. The lowest BCUT2D eigenvalue weighted by atomic mass is 10.1. The van der Waals surface area contributed by atoms with Crippen LogP contribution in [0.2, 0.25) is 0 Å². The number of amides is 2. The van der Waals surface area contributed by atoms with Gasteiger partial charge >= 0.3 is 0 Å². The van der Waals surface area contributed by atoms with Crippen molar-refractivity contribution in [3.63, 3.8) is 0 Å². The van der Waals surface area contributed by atoms with Gasteiger partial charge < -0.3 is 19.5 Å². The standard InChI is InChI=1S/C27H26N2O7S/c1-17(30)28-20-10-12-21(13-11-20)29-26(31)24(37(32,33)27(29)19-8-6-5-7-9-19)16-18-14-22(34-2)25(36-4)23(15-18)35-3/h5-16,27H,1-4H3,(H,28,30)/b24-16+. The molecule has 10 heteroatoms. The van der Waals surface area contributed by atoms with Gasteiger partial charge in [-0.15, -0.1) is 0 Å². The van der Waals surface area contributed by atoms with Crippen molar-refractivity contribution in [2.75, 3.05) is 31.5 Å². The maximum absolute atomic E-state index is 13.9. The number of benzene rings is 3. The fourth-order valence-electron chi connectivity index (χ4n) is 4.19. The van der Waals surface area contributed by atoms with Gasteiger partial charge in [0.2, 0.25) is 21.5 Å². The van der Waals surface area contributed by atoms with E-state index in [1.165, 1.54) is 39.2 Å². The van der Waals surface area contributed by atoms with E-state index < -0.39 is 21.1 Å². The highest BCUT2D eigenvalue weighted by Crippen LogP contribution is 2.45. The van der Waals surface area contributed by atoms with Crippen LogP contribution in [-0.4, -0.2) is 41.6 Å². The van der Waals surface area contributed by atoms with Crippen LogP contribution in [0, 0.1) is 0 Å². The molecule has 0 radical (unpaired) electrons. The summed E-state index contributed by atoms with van der Waals surface area (Å²) in [5, 5.41) is 1.38. The summed E-state index contributed by atoms with van der Waals surface area (Å²) in [5.74, 6) is 0.0548. The zero-order valence-corrected chi connectivity index (χ0v) is 21.5.